The summed E-state index contributed by atoms with van der Waals surface area (Å²) in [6.07, 6.45) is 1.92. The topological polar surface area (TPSA) is 80.2 Å². The van der Waals surface area contributed by atoms with Crippen molar-refractivity contribution in [2.75, 3.05) is 52.5 Å². The molecule has 0 bridgehead atoms. The zero-order chi connectivity index (χ0) is 39.2. The number of nitrogens with zero attached hydrogens (tertiary/aromatic N) is 4. The summed E-state index contributed by atoms with van der Waals surface area (Å²) < 4.78 is 56.2. The molecule has 2 saturated heterocycles. The largest absolute Gasteiger partial charge is 0.487 e. The summed E-state index contributed by atoms with van der Waals surface area (Å²) in [6, 6.07) is 21.0. The van der Waals surface area contributed by atoms with Crippen molar-refractivity contribution >= 4 is 39.1 Å². The number of rotatable bonds is 10. The molecular formula is C40H48BrCl2F3N4O4. The highest BCUT2D eigenvalue weighted by molar-refractivity contribution is 9.10. The van der Waals surface area contributed by atoms with E-state index < -0.39 is 11.7 Å². The first-order valence-corrected chi connectivity index (χ1v) is 19.4. The lowest BCUT2D eigenvalue weighted by atomic mass is 9.93. The maximum absolute atomic E-state index is 12.5. The SMILES string of the molecule is CC1(Oc2ccc(Cl)cc2)CCN(CCO)CC1.CC1(Oc2ccc(Cl)cc2)CCN(CCOc2ccc(C(F)(F)F)cn2)CC1.Cc1ccc(Br)nc1. The molecule has 0 atom stereocenters. The van der Waals surface area contributed by atoms with Gasteiger partial charge < -0.3 is 24.2 Å². The van der Waals surface area contributed by atoms with Gasteiger partial charge in [-0.25, -0.2) is 9.97 Å². The molecule has 294 valence electrons. The highest BCUT2D eigenvalue weighted by Gasteiger charge is 2.33. The summed E-state index contributed by atoms with van der Waals surface area (Å²) in [5, 5.41) is 10.3. The number of β-amino-alcohol motifs (C(OH)–C–C–N with tert-alkyl or cyclic N) is 1. The van der Waals surface area contributed by atoms with Crippen LogP contribution in [0.25, 0.3) is 0 Å². The van der Waals surface area contributed by atoms with Crippen LogP contribution < -0.4 is 14.2 Å². The predicted molar refractivity (Wildman–Crippen MR) is 211 cm³/mol. The molecule has 1 N–H and O–H groups in total. The van der Waals surface area contributed by atoms with Crippen LogP contribution in [0.4, 0.5) is 13.2 Å². The molecule has 0 spiro atoms. The van der Waals surface area contributed by atoms with Crippen LogP contribution in [-0.2, 0) is 6.18 Å². The third kappa shape index (κ3) is 15.2. The molecular weight excluding hydrogens is 808 g/mol. The normalized spacial score (nSPS) is 16.9. The number of aryl methyl sites for hydroxylation is 1. The van der Waals surface area contributed by atoms with Gasteiger partial charge in [-0.15, -0.1) is 0 Å². The quantitative estimate of drug-likeness (QED) is 0.158. The third-order valence-corrected chi connectivity index (χ3v) is 10.2. The Hall–Kier alpha value is -3.13. The van der Waals surface area contributed by atoms with Crippen molar-refractivity contribution in [1.82, 2.24) is 19.8 Å². The molecule has 54 heavy (non-hydrogen) atoms. The molecule has 4 heterocycles. The van der Waals surface area contributed by atoms with Crippen molar-refractivity contribution in [3.05, 3.63) is 111 Å². The van der Waals surface area contributed by atoms with Gasteiger partial charge in [0, 0.05) is 67.8 Å². The monoisotopic (exact) mass is 854 g/mol. The maximum Gasteiger partial charge on any atom is 0.417 e. The minimum Gasteiger partial charge on any atom is -0.487 e. The summed E-state index contributed by atoms with van der Waals surface area (Å²) in [5.74, 6) is 1.87. The molecule has 2 fully saturated rings. The van der Waals surface area contributed by atoms with Crippen molar-refractivity contribution in [3.8, 4) is 17.4 Å². The Labute approximate surface area is 334 Å². The third-order valence-electron chi connectivity index (χ3n) is 9.20. The number of hydrogen-bond acceptors (Lipinski definition) is 8. The van der Waals surface area contributed by atoms with Gasteiger partial charge in [0.05, 0.1) is 12.2 Å². The van der Waals surface area contributed by atoms with Crippen LogP contribution in [0.5, 0.6) is 17.4 Å². The van der Waals surface area contributed by atoms with E-state index in [0.717, 1.165) is 91.8 Å². The number of aromatic nitrogens is 2. The Morgan fingerprint density at radius 3 is 1.61 bits per heavy atom. The van der Waals surface area contributed by atoms with Gasteiger partial charge in [0.2, 0.25) is 5.88 Å². The Morgan fingerprint density at radius 2 is 1.22 bits per heavy atom. The van der Waals surface area contributed by atoms with Crippen LogP contribution in [0.15, 0.2) is 89.8 Å². The number of halogens is 6. The second kappa shape index (κ2) is 20.7. The molecule has 0 unspecified atom stereocenters. The van der Waals surface area contributed by atoms with E-state index in [1.807, 2.05) is 73.8 Å². The van der Waals surface area contributed by atoms with Crippen LogP contribution >= 0.6 is 39.1 Å². The lowest BCUT2D eigenvalue weighted by Gasteiger charge is -2.39. The molecule has 0 aliphatic carbocycles. The maximum atomic E-state index is 12.5. The van der Waals surface area contributed by atoms with Gasteiger partial charge in [-0.3, -0.25) is 4.90 Å². The van der Waals surface area contributed by atoms with Crippen LogP contribution in [0.3, 0.4) is 0 Å². The number of aliphatic hydroxyl groups is 1. The van der Waals surface area contributed by atoms with Gasteiger partial charge in [-0.2, -0.15) is 13.2 Å². The smallest absolute Gasteiger partial charge is 0.417 e. The number of alkyl halides is 3. The van der Waals surface area contributed by atoms with E-state index >= 15 is 0 Å². The molecule has 2 aromatic carbocycles. The summed E-state index contributed by atoms with van der Waals surface area (Å²) in [4.78, 5) is 12.2. The number of benzene rings is 2. The predicted octanol–water partition coefficient (Wildman–Crippen LogP) is 9.78. The highest BCUT2D eigenvalue weighted by Crippen LogP contribution is 2.31. The number of ether oxygens (including phenoxy) is 3. The summed E-state index contributed by atoms with van der Waals surface area (Å²) >= 11 is 15.0. The molecule has 8 nitrogen and oxygen atoms in total. The number of hydrogen-bond donors (Lipinski definition) is 1. The zero-order valence-electron chi connectivity index (χ0n) is 30.8. The Morgan fingerprint density at radius 1 is 0.722 bits per heavy atom. The zero-order valence-corrected chi connectivity index (χ0v) is 33.9. The fourth-order valence-corrected chi connectivity index (χ4v) is 6.27. The van der Waals surface area contributed by atoms with Crippen LogP contribution in [-0.4, -0.2) is 88.6 Å². The molecule has 0 radical (unpaired) electrons. The highest BCUT2D eigenvalue weighted by atomic mass is 79.9. The molecule has 0 saturated carbocycles. The van der Waals surface area contributed by atoms with E-state index in [4.69, 9.17) is 42.5 Å². The molecule has 4 aromatic rings. The lowest BCUT2D eigenvalue weighted by Crippen LogP contribution is -2.47. The molecule has 2 aliphatic heterocycles. The average molecular weight is 857 g/mol. The number of aliphatic hydroxyl groups excluding tert-OH is 1. The minimum absolute atomic E-state index is 0.111. The first-order chi connectivity index (χ1) is 25.6. The Bertz CT molecular complexity index is 1650. The van der Waals surface area contributed by atoms with Gasteiger partial charge in [-0.1, -0.05) is 29.3 Å². The van der Waals surface area contributed by atoms with Gasteiger partial charge in [-0.05, 0) is 129 Å². The minimum atomic E-state index is -4.39. The molecule has 0 amide bonds. The van der Waals surface area contributed by atoms with E-state index in [1.165, 1.54) is 11.6 Å². The van der Waals surface area contributed by atoms with Crippen LogP contribution in [0.1, 0.15) is 50.7 Å². The van der Waals surface area contributed by atoms with Crippen molar-refractivity contribution in [2.24, 2.45) is 0 Å². The molecule has 2 aromatic heterocycles. The van der Waals surface area contributed by atoms with Gasteiger partial charge in [0.15, 0.2) is 0 Å². The van der Waals surface area contributed by atoms with E-state index in [-0.39, 0.29) is 23.7 Å². The van der Waals surface area contributed by atoms with Crippen molar-refractivity contribution in [2.45, 2.75) is 63.8 Å². The van der Waals surface area contributed by atoms with Gasteiger partial charge in [0.25, 0.3) is 0 Å². The van der Waals surface area contributed by atoms with E-state index in [2.05, 4.69) is 49.5 Å². The number of pyridine rings is 2. The van der Waals surface area contributed by atoms with Crippen LogP contribution in [0.2, 0.25) is 10.0 Å². The summed E-state index contributed by atoms with van der Waals surface area (Å²) in [5.41, 5.74) is 0.0593. The lowest BCUT2D eigenvalue weighted by molar-refractivity contribution is -0.137. The second-order valence-corrected chi connectivity index (χ2v) is 15.5. The number of likely N-dealkylation sites (tertiary alicyclic amines) is 2. The van der Waals surface area contributed by atoms with E-state index in [1.54, 1.807) is 0 Å². The molecule has 6 rings (SSSR count). The second-order valence-electron chi connectivity index (χ2n) is 13.8. The average Bonchev–Trinajstić information content (AvgIpc) is 3.14. The van der Waals surface area contributed by atoms with Crippen LogP contribution in [0, 0.1) is 6.92 Å². The summed E-state index contributed by atoms with van der Waals surface area (Å²) in [7, 11) is 0. The van der Waals surface area contributed by atoms with Crippen molar-refractivity contribution in [3.63, 3.8) is 0 Å². The van der Waals surface area contributed by atoms with Crippen molar-refractivity contribution < 1.29 is 32.5 Å². The van der Waals surface area contributed by atoms with Gasteiger partial charge in [0.1, 0.15) is 33.9 Å². The summed E-state index contributed by atoms with van der Waals surface area (Å²) in [6.45, 7) is 12.0. The van der Waals surface area contributed by atoms with E-state index in [0.29, 0.717) is 18.2 Å². The standard InChI is InChI=1S/C20H22ClF3N2O2.C14H20ClNO2.C6H6BrN/c1-19(28-17-5-3-16(21)4-6-17)8-10-26(11-9-19)12-13-27-18-7-2-15(14-25-18)20(22,23)24;1-14(6-8-16(9-7-14)10-11-17)18-13-4-2-12(15)3-5-13;1-5-2-3-6(7)8-4-5/h2-7,14H,8-13H2,1H3;2-5,17H,6-11H2,1H3;2-4H,1H3. The fraction of sp³-hybridized carbons (Fsp3) is 0.450. The Kier molecular flexibility index (Phi) is 16.7. The number of piperidine rings is 2. The van der Waals surface area contributed by atoms with Crippen molar-refractivity contribution in [1.29, 1.82) is 0 Å². The first-order valence-electron chi connectivity index (χ1n) is 17.8. The molecule has 14 heteroatoms. The Balaban J connectivity index is 0.000000212. The van der Waals surface area contributed by atoms with Gasteiger partial charge >= 0.3 is 6.18 Å². The first kappa shape index (κ1) is 43.6. The fourth-order valence-electron chi connectivity index (χ4n) is 5.78. The van der Waals surface area contributed by atoms with E-state index in [9.17, 15) is 13.2 Å². The molecule has 2 aliphatic rings.